The zero-order valence-corrected chi connectivity index (χ0v) is 12.8. The van der Waals surface area contributed by atoms with Gasteiger partial charge in [0, 0.05) is 19.6 Å². The van der Waals surface area contributed by atoms with Crippen molar-refractivity contribution in [2.24, 2.45) is 10.8 Å². The van der Waals surface area contributed by atoms with Crippen molar-refractivity contribution < 1.29 is 14.7 Å². The number of carbonyl (C=O) groups is 2. The minimum Gasteiger partial charge on any atom is -0.396 e. The highest BCUT2D eigenvalue weighted by Crippen LogP contribution is 2.46. The van der Waals surface area contributed by atoms with Crippen LogP contribution in [-0.4, -0.2) is 35.0 Å². The van der Waals surface area contributed by atoms with Gasteiger partial charge in [-0.2, -0.15) is 0 Å². The van der Waals surface area contributed by atoms with E-state index in [0.29, 0.717) is 19.4 Å². The maximum Gasteiger partial charge on any atom is 0.235 e. The van der Waals surface area contributed by atoms with Crippen LogP contribution < -0.4 is 0 Å². The van der Waals surface area contributed by atoms with E-state index in [9.17, 15) is 9.59 Å². The second-order valence-corrected chi connectivity index (χ2v) is 7.29. The molecule has 0 aromatic heterocycles. The van der Waals surface area contributed by atoms with E-state index in [1.165, 1.54) is 11.3 Å². The van der Waals surface area contributed by atoms with Crippen molar-refractivity contribution in [1.82, 2.24) is 4.90 Å². The molecule has 0 radical (unpaired) electrons. The summed E-state index contributed by atoms with van der Waals surface area (Å²) in [4.78, 5) is 26.5. The smallest absolute Gasteiger partial charge is 0.235 e. The van der Waals surface area contributed by atoms with Crippen LogP contribution in [-0.2, 0) is 9.59 Å². The van der Waals surface area contributed by atoms with E-state index in [-0.39, 0.29) is 29.3 Å². The molecule has 2 aliphatic rings. The van der Waals surface area contributed by atoms with Gasteiger partial charge in [0.1, 0.15) is 0 Å². The lowest BCUT2D eigenvalue weighted by Gasteiger charge is -2.33. The summed E-state index contributed by atoms with van der Waals surface area (Å²) in [5, 5.41) is 8.95. The molecular formula is C16H27NO3. The Labute approximate surface area is 121 Å². The lowest BCUT2D eigenvalue weighted by molar-refractivity contribution is -0.143. The molecule has 114 valence electrons. The van der Waals surface area contributed by atoms with Crippen molar-refractivity contribution in [3.05, 3.63) is 0 Å². The molecule has 2 fully saturated rings. The number of aliphatic hydroxyl groups is 1. The molecule has 1 spiro atoms. The van der Waals surface area contributed by atoms with Crippen LogP contribution in [0.3, 0.4) is 0 Å². The van der Waals surface area contributed by atoms with Gasteiger partial charge in [-0.3, -0.25) is 14.5 Å². The predicted molar refractivity (Wildman–Crippen MR) is 77.0 cm³/mol. The van der Waals surface area contributed by atoms with Crippen LogP contribution in [0.2, 0.25) is 0 Å². The number of hydrogen-bond donors (Lipinski definition) is 1. The fourth-order valence-electron chi connectivity index (χ4n) is 3.70. The van der Waals surface area contributed by atoms with E-state index in [2.05, 4.69) is 13.8 Å². The Morgan fingerprint density at radius 1 is 1.20 bits per heavy atom. The minimum atomic E-state index is -0.373. The first-order chi connectivity index (χ1) is 9.40. The third kappa shape index (κ3) is 3.05. The molecule has 2 rings (SSSR count). The summed E-state index contributed by atoms with van der Waals surface area (Å²) >= 11 is 0. The first-order valence-corrected chi connectivity index (χ1v) is 7.86. The Hall–Kier alpha value is -0.900. The van der Waals surface area contributed by atoms with Crippen molar-refractivity contribution in [1.29, 1.82) is 0 Å². The van der Waals surface area contributed by atoms with Crippen LogP contribution >= 0.6 is 0 Å². The van der Waals surface area contributed by atoms with Gasteiger partial charge >= 0.3 is 0 Å². The van der Waals surface area contributed by atoms with Crippen LogP contribution in [0.15, 0.2) is 0 Å². The molecule has 4 nitrogen and oxygen atoms in total. The van der Waals surface area contributed by atoms with E-state index in [1.807, 2.05) is 0 Å². The molecule has 0 atom stereocenters. The molecule has 20 heavy (non-hydrogen) atoms. The van der Waals surface area contributed by atoms with E-state index in [0.717, 1.165) is 32.1 Å². The number of nitrogens with zero attached hydrogens (tertiary/aromatic N) is 1. The van der Waals surface area contributed by atoms with E-state index >= 15 is 0 Å². The Kier molecular flexibility index (Phi) is 4.52. The first kappa shape index (κ1) is 15.5. The number of rotatable bonds is 5. The second-order valence-electron chi connectivity index (χ2n) is 7.29. The standard InChI is InChI=1S/C16H27NO3/c1-15(2,7-6-10-18)12-17-13(19)11-16(14(17)20)8-4-3-5-9-16/h18H,3-12H2,1-2H3. The number of aliphatic hydroxyl groups excluding tert-OH is 1. The van der Waals surface area contributed by atoms with Crippen LogP contribution in [0.4, 0.5) is 0 Å². The molecule has 2 amide bonds. The van der Waals surface area contributed by atoms with Gasteiger partial charge in [-0.05, 0) is 31.1 Å². The number of amides is 2. The van der Waals surface area contributed by atoms with Gasteiger partial charge in [0.05, 0.1) is 5.41 Å². The summed E-state index contributed by atoms with van der Waals surface area (Å²) in [6, 6.07) is 0. The van der Waals surface area contributed by atoms with Crippen LogP contribution in [0.5, 0.6) is 0 Å². The quantitative estimate of drug-likeness (QED) is 0.788. The Balaban J connectivity index is 2.05. The van der Waals surface area contributed by atoms with Gasteiger partial charge < -0.3 is 5.11 Å². The maximum absolute atomic E-state index is 12.7. The molecule has 1 aliphatic carbocycles. The van der Waals surface area contributed by atoms with Gasteiger partial charge in [-0.25, -0.2) is 0 Å². The fourth-order valence-corrected chi connectivity index (χ4v) is 3.70. The third-order valence-corrected chi connectivity index (χ3v) is 4.90. The number of hydrogen-bond acceptors (Lipinski definition) is 3. The average molecular weight is 281 g/mol. The van der Waals surface area contributed by atoms with E-state index < -0.39 is 0 Å². The van der Waals surface area contributed by atoms with Crippen molar-refractivity contribution in [2.45, 2.75) is 65.2 Å². The van der Waals surface area contributed by atoms with Crippen LogP contribution in [0.25, 0.3) is 0 Å². The highest BCUT2D eigenvalue weighted by Gasteiger charge is 2.52. The van der Waals surface area contributed by atoms with Crippen molar-refractivity contribution >= 4 is 11.8 Å². The zero-order chi connectivity index (χ0) is 14.8. The first-order valence-electron chi connectivity index (χ1n) is 7.86. The molecular weight excluding hydrogens is 254 g/mol. The Bertz CT molecular complexity index is 383. The minimum absolute atomic E-state index is 0.00831. The second kappa shape index (κ2) is 5.84. The number of carbonyl (C=O) groups excluding carboxylic acids is 2. The molecule has 1 saturated heterocycles. The molecule has 0 bridgehead atoms. The molecule has 1 saturated carbocycles. The molecule has 0 aromatic rings. The van der Waals surface area contributed by atoms with Crippen molar-refractivity contribution in [3.8, 4) is 0 Å². The number of likely N-dealkylation sites (tertiary alicyclic amines) is 1. The fraction of sp³-hybridized carbons (Fsp3) is 0.875. The monoisotopic (exact) mass is 281 g/mol. The van der Waals surface area contributed by atoms with Gasteiger partial charge in [0.2, 0.25) is 11.8 Å². The van der Waals surface area contributed by atoms with E-state index in [1.54, 1.807) is 0 Å². The van der Waals surface area contributed by atoms with Crippen LogP contribution in [0.1, 0.15) is 65.2 Å². The summed E-state index contributed by atoms with van der Waals surface area (Å²) < 4.78 is 0. The summed E-state index contributed by atoms with van der Waals surface area (Å²) in [5.74, 6) is 0.0771. The average Bonchev–Trinajstić information content (AvgIpc) is 2.62. The molecule has 1 aliphatic heterocycles. The Morgan fingerprint density at radius 3 is 2.45 bits per heavy atom. The highest BCUT2D eigenvalue weighted by molar-refractivity contribution is 6.06. The lowest BCUT2D eigenvalue weighted by Crippen LogP contribution is -2.41. The summed E-state index contributed by atoms with van der Waals surface area (Å²) in [6.45, 7) is 4.78. The lowest BCUT2D eigenvalue weighted by atomic mass is 9.73. The largest absolute Gasteiger partial charge is 0.396 e. The Morgan fingerprint density at radius 2 is 1.85 bits per heavy atom. The molecule has 1 N–H and O–H groups in total. The topological polar surface area (TPSA) is 57.6 Å². The van der Waals surface area contributed by atoms with Crippen LogP contribution in [0, 0.1) is 10.8 Å². The molecule has 4 heteroatoms. The van der Waals surface area contributed by atoms with Gasteiger partial charge in [0.25, 0.3) is 0 Å². The maximum atomic E-state index is 12.7. The number of imide groups is 1. The summed E-state index contributed by atoms with van der Waals surface area (Å²) in [6.07, 6.45) is 7.05. The predicted octanol–water partition coefficient (Wildman–Crippen LogP) is 2.49. The van der Waals surface area contributed by atoms with E-state index in [4.69, 9.17) is 5.11 Å². The molecule has 0 unspecified atom stereocenters. The molecule has 0 aromatic carbocycles. The normalized spacial score (nSPS) is 22.9. The van der Waals surface area contributed by atoms with Crippen molar-refractivity contribution in [2.75, 3.05) is 13.2 Å². The van der Waals surface area contributed by atoms with Gasteiger partial charge in [0.15, 0.2) is 0 Å². The SMILES string of the molecule is CC(C)(CCCO)CN1C(=O)CC2(CCCCC2)C1=O. The van der Waals surface area contributed by atoms with Gasteiger partial charge in [-0.15, -0.1) is 0 Å². The zero-order valence-electron chi connectivity index (χ0n) is 12.8. The van der Waals surface area contributed by atoms with Crippen molar-refractivity contribution in [3.63, 3.8) is 0 Å². The van der Waals surface area contributed by atoms with Gasteiger partial charge in [-0.1, -0.05) is 33.1 Å². The summed E-state index contributed by atoms with van der Waals surface area (Å²) in [5.41, 5.74) is -0.489. The highest BCUT2D eigenvalue weighted by atomic mass is 16.3. The third-order valence-electron chi connectivity index (χ3n) is 4.90. The summed E-state index contributed by atoms with van der Waals surface area (Å²) in [7, 11) is 0. The molecule has 1 heterocycles.